The Balaban J connectivity index is 1.54. The Bertz CT molecular complexity index is 809. The summed E-state index contributed by atoms with van der Waals surface area (Å²) in [6, 6.07) is 18.9. The molecule has 1 saturated heterocycles. The highest BCUT2D eigenvalue weighted by Gasteiger charge is 2.21. The molecule has 0 spiro atoms. The molecule has 0 unspecified atom stereocenters. The summed E-state index contributed by atoms with van der Waals surface area (Å²) in [4.78, 5) is 7.90. The zero-order chi connectivity index (χ0) is 21.3. The fourth-order valence-electron chi connectivity index (χ4n) is 3.74. The fourth-order valence-corrected chi connectivity index (χ4v) is 4.36. The molecule has 0 radical (unpaired) electrons. The van der Waals surface area contributed by atoms with Crippen LogP contribution in [0.3, 0.4) is 0 Å². The van der Waals surface area contributed by atoms with Crippen molar-refractivity contribution in [3.63, 3.8) is 0 Å². The van der Waals surface area contributed by atoms with Crippen molar-refractivity contribution in [2.45, 2.75) is 26.7 Å². The zero-order valence-electron chi connectivity index (χ0n) is 18.0. The van der Waals surface area contributed by atoms with Crippen molar-refractivity contribution in [1.82, 2.24) is 9.80 Å². The molecule has 0 atom stereocenters. The topological polar surface area (TPSA) is 21.8 Å². The summed E-state index contributed by atoms with van der Waals surface area (Å²) in [5.74, 6) is 0. The van der Waals surface area contributed by atoms with E-state index < -0.39 is 0 Å². The lowest BCUT2D eigenvalue weighted by atomic mass is 10.1. The van der Waals surface area contributed by atoms with Crippen molar-refractivity contribution >= 4 is 45.9 Å². The Hall–Kier alpha value is -2.18. The van der Waals surface area contributed by atoms with Gasteiger partial charge in [-0.25, -0.2) is 0 Å². The first-order valence-corrected chi connectivity index (χ1v) is 11.7. The molecule has 3 rings (SSSR count). The standard InChI is InChI=1S/C24H32N4S2/c1-3-14-26(15-4-2)22-12-10-20(11-13-22)23(29)27-16-18-28(19-17-27)24(30)25-21-8-6-5-7-9-21/h5-13H,3-4,14-19H2,1-2H3,(H,25,30). The third-order valence-electron chi connectivity index (χ3n) is 5.35. The highest BCUT2D eigenvalue weighted by Crippen LogP contribution is 2.19. The molecule has 1 heterocycles. The minimum absolute atomic E-state index is 0.781. The van der Waals surface area contributed by atoms with Gasteiger partial charge in [0.25, 0.3) is 0 Å². The van der Waals surface area contributed by atoms with Crippen molar-refractivity contribution in [3.8, 4) is 0 Å². The van der Waals surface area contributed by atoms with E-state index >= 15 is 0 Å². The number of hydrogen-bond acceptors (Lipinski definition) is 3. The molecule has 4 nitrogen and oxygen atoms in total. The zero-order valence-corrected chi connectivity index (χ0v) is 19.6. The Morgan fingerprint density at radius 1 is 0.833 bits per heavy atom. The van der Waals surface area contributed by atoms with E-state index in [0.717, 1.165) is 73.5 Å². The first kappa shape index (κ1) is 22.5. The highest BCUT2D eigenvalue weighted by atomic mass is 32.1. The molecular weight excluding hydrogens is 408 g/mol. The van der Waals surface area contributed by atoms with E-state index in [4.69, 9.17) is 24.4 Å². The van der Waals surface area contributed by atoms with E-state index in [9.17, 15) is 0 Å². The van der Waals surface area contributed by atoms with Gasteiger partial charge in [-0.15, -0.1) is 0 Å². The fraction of sp³-hybridized carbons (Fsp3) is 0.417. The summed E-state index contributed by atoms with van der Waals surface area (Å²) < 4.78 is 0. The monoisotopic (exact) mass is 440 g/mol. The quantitative estimate of drug-likeness (QED) is 0.607. The first-order valence-electron chi connectivity index (χ1n) is 10.9. The SMILES string of the molecule is CCCN(CCC)c1ccc(C(=S)N2CCN(C(=S)Nc3ccccc3)CC2)cc1. The summed E-state index contributed by atoms with van der Waals surface area (Å²) in [5.41, 5.74) is 3.44. The second-order valence-corrected chi connectivity index (χ2v) is 8.38. The van der Waals surface area contributed by atoms with Crippen molar-refractivity contribution < 1.29 is 0 Å². The van der Waals surface area contributed by atoms with Gasteiger partial charge in [0.1, 0.15) is 4.99 Å². The Kier molecular flexibility index (Phi) is 8.46. The van der Waals surface area contributed by atoms with Crippen LogP contribution >= 0.6 is 24.4 Å². The van der Waals surface area contributed by atoms with Crippen LogP contribution in [-0.2, 0) is 0 Å². The second kappa shape index (κ2) is 11.3. The van der Waals surface area contributed by atoms with Gasteiger partial charge in [0.15, 0.2) is 5.11 Å². The number of para-hydroxylation sites is 1. The molecule has 0 amide bonds. The third kappa shape index (κ3) is 5.92. The minimum Gasteiger partial charge on any atom is -0.372 e. The molecule has 0 bridgehead atoms. The van der Waals surface area contributed by atoms with Crippen LogP contribution < -0.4 is 10.2 Å². The summed E-state index contributed by atoms with van der Waals surface area (Å²) in [7, 11) is 0. The average molecular weight is 441 g/mol. The first-order chi connectivity index (χ1) is 14.6. The minimum atomic E-state index is 0.781. The summed E-state index contributed by atoms with van der Waals surface area (Å²) in [5, 5.41) is 4.11. The molecule has 160 valence electrons. The molecule has 1 aliphatic heterocycles. The number of nitrogens with one attached hydrogen (secondary N) is 1. The molecule has 30 heavy (non-hydrogen) atoms. The molecule has 2 aromatic rings. The van der Waals surface area contributed by atoms with Crippen molar-refractivity contribution in [2.75, 3.05) is 49.5 Å². The molecule has 2 aromatic carbocycles. The average Bonchev–Trinajstić information content (AvgIpc) is 2.79. The van der Waals surface area contributed by atoms with Gasteiger partial charge in [-0.1, -0.05) is 44.3 Å². The Morgan fingerprint density at radius 3 is 1.97 bits per heavy atom. The number of thiocarbonyl (C=S) groups is 2. The normalized spacial score (nSPS) is 13.8. The third-order valence-corrected chi connectivity index (χ3v) is 6.20. The predicted octanol–water partition coefficient (Wildman–Crippen LogP) is 5.00. The van der Waals surface area contributed by atoms with E-state index in [2.05, 4.69) is 58.1 Å². The summed E-state index contributed by atoms with van der Waals surface area (Å²) >= 11 is 11.4. The van der Waals surface area contributed by atoms with Crippen molar-refractivity contribution in [1.29, 1.82) is 0 Å². The maximum absolute atomic E-state index is 5.81. The van der Waals surface area contributed by atoms with Crippen LogP contribution in [0.4, 0.5) is 11.4 Å². The number of benzene rings is 2. The number of nitrogens with zero attached hydrogens (tertiary/aromatic N) is 3. The highest BCUT2D eigenvalue weighted by molar-refractivity contribution is 7.80. The molecule has 1 fully saturated rings. The lowest BCUT2D eigenvalue weighted by Crippen LogP contribution is -2.51. The summed E-state index contributed by atoms with van der Waals surface area (Å²) in [6.07, 6.45) is 2.32. The molecule has 0 aromatic heterocycles. The van der Waals surface area contributed by atoms with E-state index in [-0.39, 0.29) is 0 Å². The van der Waals surface area contributed by atoms with Crippen molar-refractivity contribution in [2.24, 2.45) is 0 Å². The Morgan fingerprint density at radius 2 is 1.40 bits per heavy atom. The van der Waals surface area contributed by atoms with Crippen LogP contribution in [-0.4, -0.2) is 59.2 Å². The largest absolute Gasteiger partial charge is 0.372 e. The maximum atomic E-state index is 5.81. The van der Waals surface area contributed by atoms with Gasteiger partial charge in [0, 0.05) is 56.2 Å². The van der Waals surface area contributed by atoms with Gasteiger partial charge in [0.2, 0.25) is 0 Å². The maximum Gasteiger partial charge on any atom is 0.173 e. The Labute approximate surface area is 191 Å². The molecule has 1 aliphatic rings. The van der Waals surface area contributed by atoms with Crippen LogP contribution in [0.15, 0.2) is 54.6 Å². The number of anilines is 2. The smallest absolute Gasteiger partial charge is 0.173 e. The lowest BCUT2D eigenvalue weighted by Gasteiger charge is -2.37. The van der Waals surface area contributed by atoms with Gasteiger partial charge < -0.3 is 20.0 Å². The molecule has 0 aliphatic carbocycles. The molecule has 1 N–H and O–H groups in total. The molecular formula is C24H32N4S2. The lowest BCUT2D eigenvalue weighted by molar-refractivity contribution is 0.264. The van der Waals surface area contributed by atoms with Gasteiger partial charge >= 0.3 is 0 Å². The van der Waals surface area contributed by atoms with E-state index in [0.29, 0.717) is 0 Å². The predicted molar refractivity (Wildman–Crippen MR) is 137 cm³/mol. The molecule has 0 saturated carbocycles. The van der Waals surface area contributed by atoms with E-state index in [1.165, 1.54) is 5.69 Å². The van der Waals surface area contributed by atoms with E-state index in [1.54, 1.807) is 0 Å². The van der Waals surface area contributed by atoms with Crippen LogP contribution in [0.1, 0.15) is 32.3 Å². The van der Waals surface area contributed by atoms with Gasteiger partial charge in [-0.2, -0.15) is 0 Å². The van der Waals surface area contributed by atoms with Crippen LogP contribution in [0.2, 0.25) is 0 Å². The van der Waals surface area contributed by atoms with Crippen LogP contribution in [0, 0.1) is 0 Å². The van der Waals surface area contributed by atoms with E-state index in [1.807, 2.05) is 30.3 Å². The van der Waals surface area contributed by atoms with Gasteiger partial charge in [-0.05, 0) is 61.5 Å². The second-order valence-electron chi connectivity index (χ2n) is 7.61. The van der Waals surface area contributed by atoms with Crippen LogP contribution in [0.5, 0.6) is 0 Å². The van der Waals surface area contributed by atoms with Gasteiger partial charge in [0.05, 0.1) is 0 Å². The summed E-state index contributed by atoms with van der Waals surface area (Å²) in [6.45, 7) is 10.2. The van der Waals surface area contributed by atoms with Crippen molar-refractivity contribution in [3.05, 3.63) is 60.2 Å². The number of rotatable bonds is 7. The van der Waals surface area contributed by atoms with Gasteiger partial charge in [-0.3, -0.25) is 0 Å². The number of hydrogen-bond donors (Lipinski definition) is 1. The molecule has 6 heteroatoms. The van der Waals surface area contributed by atoms with Crippen LogP contribution in [0.25, 0.3) is 0 Å². The number of piperazine rings is 1.